The molecular formula is C27H22N6O4. The van der Waals surface area contributed by atoms with E-state index in [9.17, 15) is 19.2 Å². The second kappa shape index (κ2) is 9.86. The molecule has 0 bridgehead atoms. The highest BCUT2D eigenvalue weighted by Crippen LogP contribution is 2.15. The van der Waals surface area contributed by atoms with Crippen LogP contribution in [-0.4, -0.2) is 31.4 Å². The van der Waals surface area contributed by atoms with E-state index in [4.69, 9.17) is 0 Å². The van der Waals surface area contributed by atoms with Crippen molar-refractivity contribution >= 4 is 33.4 Å². The number of carbonyl (C=O) groups excluding carboxylic acids is 2. The van der Waals surface area contributed by atoms with Gasteiger partial charge in [-0.05, 0) is 24.6 Å². The molecule has 0 aliphatic rings. The van der Waals surface area contributed by atoms with Gasteiger partial charge in [0.05, 0.1) is 17.3 Å². The maximum Gasteiger partial charge on any atom is 0.290 e. The Hall–Kier alpha value is -5.12. The van der Waals surface area contributed by atoms with Gasteiger partial charge >= 0.3 is 0 Å². The normalized spacial score (nSPS) is 10.9. The average Bonchev–Trinajstić information content (AvgIpc) is 2.94. The topological polar surface area (TPSA) is 128 Å². The van der Waals surface area contributed by atoms with E-state index in [1.807, 2.05) is 30.3 Å². The fourth-order valence-corrected chi connectivity index (χ4v) is 4.12. The van der Waals surface area contributed by atoms with E-state index in [1.54, 1.807) is 55.5 Å². The molecule has 0 spiro atoms. The number of benzene rings is 3. The van der Waals surface area contributed by atoms with Crippen LogP contribution < -0.4 is 22.0 Å². The number of nitrogens with one attached hydrogen (secondary N) is 2. The van der Waals surface area contributed by atoms with Crippen molar-refractivity contribution in [3.05, 3.63) is 117 Å². The molecule has 0 atom stereocenters. The number of amides is 2. The maximum absolute atomic E-state index is 13.2. The fourth-order valence-electron chi connectivity index (χ4n) is 4.12. The largest absolute Gasteiger partial charge is 0.290 e. The molecule has 2 amide bonds. The second-order valence-corrected chi connectivity index (χ2v) is 8.27. The zero-order chi connectivity index (χ0) is 25.9. The zero-order valence-corrected chi connectivity index (χ0v) is 19.8. The molecule has 0 radical (unpaired) electrons. The molecular weight excluding hydrogens is 472 g/mol. The fraction of sp³-hybridized carbons (Fsp3) is 0.111. The lowest BCUT2D eigenvalue weighted by Gasteiger charge is -2.13. The SMILES string of the molecule is CCn1nc(C(=O)NNC(=O)c2nn(Cc3ccccc3)c(=O)c3ccccc23)c2ccccc2c1=O. The first kappa shape index (κ1) is 23.6. The van der Waals surface area contributed by atoms with Gasteiger partial charge in [-0.1, -0.05) is 66.7 Å². The summed E-state index contributed by atoms with van der Waals surface area (Å²) in [7, 11) is 0. The summed E-state index contributed by atoms with van der Waals surface area (Å²) in [5, 5.41) is 9.88. The molecule has 184 valence electrons. The van der Waals surface area contributed by atoms with Gasteiger partial charge in [0.15, 0.2) is 11.4 Å². The molecule has 0 aliphatic carbocycles. The average molecular weight is 495 g/mol. The van der Waals surface area contributed by atoms with Gasteiger partial charge in [-0.15, -0.1) is 0 Å². The monoisotopic (exact) mass is 494 g/mol. The number of hydrogen-bond acceptors (Lipinski definition) is 6. The van der Waals surface area contributed by atoms with E-state index in [2.05, 4.69) is 21.0 Å². The standard InChI is InChI=1S/C27H22N6O4/c1-2-32-26(36)20-14-8-6-12-18(20)22(30-32)24(34)28-29-25(35)23-19-13-7-9-15-21(19)27(37)33(31-23)16-17-10-4-3-5-11-17/h3-15H,2,16H2,1H3,(H,28,34)(H,29,35). The molecule has 0 fully saturated rings. The molecule has 3 aromatic carbocycles. The number of aromatic nitrogens is 4. The molecule has 10 nitrogen and oxygen atoms in total. The van der Waals surface area contributed by atoms with E-state index in [0.717, 1.165) is 5.56 Å². The van der Waals surface area contributed by atoms with Crippen LogP contribution in [0.1, 0.15) is 33.5 Å². The van der Waals surface area contributed by atoms with Crippen LogP contribution in [0.5, 0.6) is 0 Å². The third-order valence-electron chi connectivity index (χ3n) is 5.93. The minimum atomic E-state index is -0.709. The van der Waals surface area contributed by atoms with Gasteiger partial charge in [0.2, 0.25) is 0 Å². The van der Waals surface area contributed by atoms with Crippen LogP contribution in [0.3, 0.4) is 0 Å². The van der Waals surface area contributed by atoms with Crippen molar-refractivity contribution < 1.29 is 9.59 Å². The third kappa shape index (κ3) is 4.47. The summed E-state index contributed by atoms with van der Waals surface area (Å²) in [6.07, 6.45) is 0. The van der Waals surface area contributed by atoms with E-state index in [-0.39, 0.29) is 35.6 Å². The van der Waals surface area contributed by atoms with E-state index in [0.29, 0.717) is 21.5 Å². The predicted molar refractivity (Wildman–Crippen MR) is 138 cm³/mol. The molecule has 5 rings (SSSR count). The summed E-state index contributed by atoms with van der Waals surface area (Å²) in [4.78, 5) is 51.8. The zero-order valence-electron chi connectivity index (χ0n) is 19.8. The minimum Gasteiger partial charge on any atom is -0.267 e. The van der Waals surface area contributed by atoms with E-state index < -0.39 is 11.8 Å². The number of rotatable bonds is 5. The summed E-state index contributed by atoms with van der Waals surface area (Å²) < 4.78 is 2.41. The van der Waals surface area contributed by atoms with E-state index in [1.165, 1.54) is 9.36 Å². The Morgan fingerprint density at radius 1 is 0.649 bits per heavy atom. The Balaban J connectivity index is 1.47. The molecule has 0 aliphatic heterocycles. The Kier molecular flexibility index (Phi) is 6.29. The number of hydrazine groups is 1. The first-order chi connectivity index (χ1) is 18.0. The number of aryl methyl sites for hydroxylation is 1. The highest BCUT2D eigenvalue weighted by atomic mass is 16.2. The highest BCUT2D eigenvalue weighted by Gasteiger charge is 2.20. The Morgan fingerprint density at radius 2 is 1.08 bits per heavy atom. The van der Waals surface area contributed by atoms with Gasteiger partial charge in [0.1, 0.15) is 0 Å². The second-order valence-electron chi connectivity index (χ2n) is 8.27. The molecule has 0 saturated heterocycles. The third-order valence-corrected chi connectivity index (χ3v) is 5.93. The molecule has 2 heterocycles. The summed E-state index contributed by atoms with van der Waals surface area (Å²) in [6, 6.07) is 22.6. The molecule has 2 aromatic heterocycles. The lowest BCUT2D eigenvalue weighted by Crippen LogP contribution is -2.43. The molecule has 37 heavy (non-hydrogen) atoms. The molecule has 0 unspecified atom stereocenters. The van der Waals surface area contributed by atoms with Gasteiger partial charge in [-0.3, -0.25) is 30.0 Å². The van der Waals surface area contributed by atoms with Crippen LogP contribution >= 0.6 is 0 Å². The van der Waals surface area contributed by atoms with Crippen molar-refractivity contribution in [3.63, 3.8) is 0 Å². The number of fused-ring (bicyclic) bond motifs is 2. The van der Waals surface area contributed by atoms with Gasteiger partial charge in [0, 0.05) is 17.3 Å². The number of nitrogens with zero attached hydrogens (tertiary/aromatic N) is 4. The Labute approximate surface area is 210 Å². The van der Waals surface area contributed by atoms with Crippen LogP contribution in [0.15, 0.2) is 88.5 Å². The van der Waals surface area contributed by atoms with Crippen LogP contribution in [0.4, 0.5) is 0 Å². The summed E-state index contributed by atoms with van der Waals surface area (Å²) >= 11 is 0. The van der Waals surface area contributed by atoms with Crippen molar-refractivity contribution in [1.29, 1.82) is 0 Å². The van der Waals surface area contributed by atoms with Crippen molar-refractivity contribution in [1.82, 2.24) is 30.4 Å². The van der Waals surface area contributed by atoms with Gasteiger partial charge in [-0.25, -0.2) is 9.36 Å². The smallest absolute Gasteiger partial charge is 0.267 e. The first-order valence-electron chi connectivity index (χ1n) is 11.6. The van der Waals surface area contributed by atoms with Crippen molar-refractivity contribution in [2.75, 3.05) is 0 Å². The highest BCUT2D eigenvalue weighted by molar-refractivity contribution is 6.08. The quantitative estimate of drug-likeness (QED) is 0.361. The van der Waals surface area contributed by atoms with Gasteiger partial charge in [-0.2, -0.15) is 10.2 Å². The number of hydrogen-bond donors (Lipinski definition) is 2. The molecule has 10 heteroatoms. The number of carbonyl (C=O) groups is 2. The van der Waals surface area contributed by atoms with Crippen LogP contribution in [0, 0.1) is 0 Å². The lowest BCUT2D eigenvalue weighted by atomic mass is 10.1. The predicted octanol–water partition coefficient (Wildman–Crippen LogP) is 2.25. The van der Waals surface area contributed by atoms with Crippen molar-refractivity contribution in [3.8, 4) is 0 Å². The van der Waals surface area contributed by atoms with Gasteiger partial charge < -0.3 is 0 Å². The Bertz CT molecular complexity index is 1780. The van der Waals surface area contributed by atoms with Crippen molar-refractivity contribution in [2.45, 2.75) is 20.0 Å². The first-order valence-corrected chi connectivity index (χ1v) is 11.6. The summed E-state index contributed by atoms with van der Waals surface area (Å²) in [5.74, 6) is -1.41. The van der Waals surface area contributed by atoms with Crippen LogP contribution in [-0.2, 0) is 13.1 Å². The maximum atomic E-state index is 13.2. The summed E-state index contributed by atoms with van der Waals surface area (Å²) in [5.41, 5.74) is 4.90. The van der Waals surface area contributed by atoms with Crippen LogP contribution in [0.25, 0.3) is 21.5 Å². The Morgan fingerprint density at radius 3 is 1.59 bits per heavy atom. The van der Waals surface area contributed by atoms with Crippen LogP contribution in [0.2, 0.25) is 0 Å². The molecule has 5 aromatic rings. The molecule has 2 N–H and O–H groups in total. The van der Waals surface area contributed by atoms with Gasteiger partial charge in [0.25, 0.3) is 22.9 Å². The molecule has 0 saturated carbocycles. The minimum absolute atomic E-state index is 0.00999. The lowest BCUT2D eigenvalue weighted by molar-refractivity contribution is 0.0840. The summed E-state index contributed by atoms with van der Waals surface area (Å²) in [6.45, 7) is 2.19. The van der Waals surface area contributed by atoms with Crippen molar-refractivity contribution in [2.24, 2.45) is 0 Å². The van der Waals surface area contributed by atoms with E-state index >= 15 is 0 Å².